The monoisotopic (exact) mass is 636 g/mol. The lowest BCUT2D eigenvalue weighted by atomic mass is 9.92. The maximum absolute atomic E-state index is 2.42. The predicted octanol–water partition coefficient (Wildman–Crippen LogP) is 13.4. The fourth-order valence-electron chi connectivity index (χ4n) is 7.91. The van der Waals surface area contributed by atoms with Crippen molar-refractivity contribution in [2.45, 2.75) is 0 Å². The van der Waals surface area contributed by atoms with Crippen molar-refractivity contribution >= 4 is 71.2 Å². The molecule has 0 aliphatic carbocycles. The van der Waals surface area contributed by atoms with Gasteiger partial charge in [0, 0.05) is 33.5 Å². The molecule has 0 saturated carbocycles. The molecule has 1 aromatic heterocycles. The van der Waals surface area contributed by atoms with Crippen LogP contribution in [0.3, 0.4) is 0 Å². The van der Waals surface area contributed by atoms with Crippen LogP contribution in [-0.2, 0) is 0 Å². The van der Waals surface area contributed by atoms with Crippen LogP contribution in [0.4, 0.5) is 17.1 Å². The number of rotatable bonds is 5. The molecule has 0 amide bonds. The Morgan fingerprint density at radius 2 is 0.940 bits per heavy atom. The molecule has 0 unspecified atom stereocenters. The third-order valence-electron chi connectivity index (χ3n) is 10.1. The van der Waals surface area contributed by atoms with E-state index in [4.69, 9.17) is 0 Å². The molecule has 0 saturated heterocycles. The average molecular weight is 637 g/mol. The fourth-order valence-corrected chi connectivity index (χ4v) is 7.91. The molecule has 0 bridgehead atoms. The summed E-state index contributed by atoms with van der Waals surface area (Å²) in [6.45, 7) is 0. The molecule has 0 aliphatic rings. The molecular weight excluding hydrogens is 605 g/mol. The fraction of sp³-hybridized carbons (Fsp3) is 0. The van der Waals surface area contributed by atoms with E-state index in [-0.39, 0.29) is 0 Å². The first kappa shape index (κ1) is 28.4. The van der Waals surface area contributed by atoms with Crippen LogP contribution in [0.5, 0.6) is 0 Å². The van der Waals surface area contributed by atoms with Gasteiger partial charge in [0.15, 0.2) is 0 Å². The van der Waals surface area contributed by atoms with E-state index in [1.54, 1.807) is 0 Å². The van der Waals surface area contributed by atoms with E-state index in [1.807, 2.05) is 0 Å². The smallest absolute Gasteiger partial charge is 0.0553 e. The summed E-state index contributed by atoms with van der Waals surface area (Å²) < 4.78 is 2.42. The van der Waals surface area contributed by atoms with Crippen molar-refractivity contribution in [3.05, 3.63) is 194 Å². The van der Waals surface area contributed by atoms with Gasteiger partial charge in [-0.3, -0.25) is 0 Å². The maximum Gasteiger partial charge on any atom is 0.0553 e. The summed E-state index contributed by atoms with van der Waals surface area (Å²) in [5.41, 5.74) is 9.37. The molecule has 0 fully saturated rings. The van der Waals surface area contributed by atoms with Gasteiger partial charge in [0.05, 0.1) is 11.0 Å². The van der Waals surface area contributed by atoms with Crippen molar-refractivity contribution in [3.63, 3.8) is 0 Å². The summed E-state index contributed by atoms with van der Waals surface area (Å²) in [6.07, 6.45) is 0. The highest BCUT2D eigenvalue weighted by Crippen LogP contribution is 2.45. The lowest BCUT2D eigenvalue weighted by molar-refractivity contribution is 1.18. The Labute approximate surface area is 290 Å². The van der Waals surface area contributed by atoms with Gasteiger partial charge < -0.3 is 9.47 Å². The second kappa shape index (κ2) is 11.5. The first-order valence-electron chi connectivity index (χ1n) is 17.2. The lowest BCUT2D eigenvalue weighted by Crippen LogP contribution is -2.10. The van der Waals surface area contributed by atoms with Gasteiger partial charge in [-0.05, 0) is 104 Å². The van der Waals surface area contributed by atoms with Crippen molar-refractivity contribution in [2.75, 3.05) is 4.90 Å². The predicted molar refractivity (Wildman–Crippen MR) is 213 cm³/mol. The van der Waals surface area contributed by atoms with Crippen LogP contribution < -0.4 is 4.90 Å². The molecule has 2 heteroatoms. The van der Waals surface area contributed by atoms with Gasteiger partial charge in [0.1, 0.15) is 0 Å². The summed E-state index contributed by atoms with van der Waals surface area (Å²) >= 11 is 0. The Kier molecular flexibility index (Phi) is 6.53. The van der Waals surface area contributed by atoms with E-state index in [2.05, 4.69) is 204 Å². The van der Waals surface area contributed by atoms with Gasteiger partial charge in [-0.2, -0.15) is 0 Å². The molecule has 0 radical (unpaired) electrons. The summed E-state index contributed by atoms with van der Waals surface area (Å²) in [5.74, 6) is 0. The normalized spacial score (nSPS) is 11.6. The first-order valence-corrected chi connectivity index (χ1v) is 17.2. The zero-order chi connectivity index (χ0) is 33.0. The van der Waals surface area contributed by atoms with Gasteiger partial charge in [0.2, 0.25) is 0 Å². The van der Waals surface area contributed by atoms with Crippen LogP contribution in [0.25, 0.3) is 70.9 Å². The minimum Gasteiger partial charge on any atom is -0.310 e. The lowest BCUT2D eigenvalue weighted by Gasteiger charge is -2.26. The largest absolute Gasteiger partial charge is 0.310 e. The molecule has 0 atom stereocenters. The number of nitrogens with zero attached hydrogens (tertiary/aromatic N) is 2. The molecule has 1 heterocycles. The summed E-state index contributed by atoms with van der Waals surface area (Å²) in [5, 5.41) is 10.0. The van der Waals surface area contributed by atoms with E-state index < -0.39 is 0 Å². The topological polar surface area (TPSA) is 8.17 Å². The van der Waals surface area contributed by atoms with Crippen LogP contribution in [0.1, 0.15) is 0 Å². The number of aromatic nitrogens is 1. The van der Waals surface area contributed by atoms with Gasteiger partial charge in [-0.25, -0.2) is 0 Å². The van der Waals surface area contributed by atoms with Crippen LogP contribution in [0, 0.1) is 0 Å². The second-order valence-corrected chi connectivity index (χ2v) is 13.0. The molecule has 10 aromatic rings. The third-order valence-corrected chi connectivity index (χ3v) is 10.1. The number of benzene rings is 9. The minimum atomic E-state index is 1.11. The summed E-state index contributed by atoms with van der Waals surface area (Å²) in [7, 11) is 0. The van der Waals surface area contributed by atoms with Crippen LogP contribution >= 0.6 is 0 Å². The van der Waals surface area contributed by atoms with Crippen LogP contribution in [-0.4, -0.2) is 4.57 Å². The second-order valence-electron chi connectivity index (χ2n) is 13.0. The molecule has 50 heavy (non-hydrogen) atoms. The number of hydrogen-bond acceptors (Lipinski definition) is 1. The Bertz CT molecular complexity index is 2870. The van der Waals surface area contributed by atoms with E-state index in [0.717, 1.165) is 22.7 Å². The number of para-hydroxylation sites is 3. The standard InChI is InChI=1S/C48H32N2/c1-3-17-37(18-4-1)49(40-28-29-42-35(30-40)27-26-33-14-7-9-22-41(33)42)39-21-13-16-36(31-39)47-43-23-10-8-15-34(43)32-46-48(47)44-24-11-12-25-45(44)50(46)38-19-5-2-6-20-38/h1-32H. The van der Waals surface area contributed by atoms with Crippen LogP contribution in [0.2, 0.25) is 0 Å². The molecule has 0 aliphatic heterocycles. The molecule has 234 valence electrons. The van der Waals surface area contributed by atoms with Crippen molar-refractivity contribution in [3.8, 4) is 16.8 Å². The Morgan fingerprint density at radius 1 is 0.340 bits per heavy atom. The van der Waals surface area contributed by atoms with Crippen molar-refractivity contribution in [1.29, 1.82) is 0 Å². The van der Waals surface area contributed by atoms with Crippen molar-refractivity contribution in [1.82, 2.24) is 4.57 Å². The highest BCUT2D eigenvalue weighted by atomic mass is 15.1. The van der Waals surface area contributed by atoms with Gasteiger partial charge in [-0.1, -0.05) is 133 Å². The van der Waals surface area contributed by atoms with Gasteiger partial charge in [0.25, 0.3) is 0 Å². The highest BCUT2D eigenvalue weighted by molar-refractivity contribution is 6.23. The SMILES string of the molecule is c1ccc(N(c2cccc(-c3c4ccccc4cc4c3c3ccccc3n4-c3ccccc3)c2)c2ccc3c(ccc4ccccc43)c2)cc1. The molecular formula is C48H32N2. The van der Waals surface area contributed by atoms with Crippen LogP contribution in [0.15, 0.2) is 194 Å². The molecule has 0 N–H and O–H groups in total. The summed E-state index contributed by atoms with van der Waals surface area (Å²) in [6, 6.07) is 70.5. The molecule has 2 nitrogen and oxygen atoms in total. The zero-order valence-electron chi connectivity index (χ0n) is 27.4. The molecule has 10 rings (SSSR count). The van der Waals surface area contributed by atoms with E-state index >= 15 is 0 Å². The Balaban J connectivity index is 1.23. The van der Waals surface area contributed by atoms with Crippen molar-refractivity contribution < 1.29 is 0 Å². The Hall–Kier alpha value is -6.64. The summed E-state index contributed by atoms with van der Waals surface area (Å²) in [4.78, 5) is 2.38. The number of anilines is 3. The zero-order valence-corrected chi connectivity index (χ0v) is 27.4. The van der Waals surface area contributed by atoms with Gasteiger partial charge >= 0.3 is 0 Å². The highest BCUT2D eigenvalue weighted by Gasteiger charge is 2.20. The van der Waals surface area contributed by atoms with E-state index in [1.165, 1.54) is 65.3 Å². The maximum atomic E-state index is 2.42. The quantitative estimate of drug-likeness (QED) is 0.171. The molecule has 9 aromatic carbocycles. The number of hydrogen-bond donors (Lipinski definition) is 0. The Morgan fingerprint density at radius 3 is 1.78 bits per heavy atom. The first-order chi connectivity index (χ1) is 24.8. The van der Waals surface area contributed by atoms with E-state index in [9.17, 15) is 0 Å². The minimum absolute atomic E-state index is 1.11. The molecule has 0 spiro atoms. The average Bonchev–Trinajstić information content (AvgIpc) is 3.51. The number of fused-ring (bicyclic) bond motifs is 7. The van der Waals surface area contributed by atoms with Crippen molar-refractivity contribution in [2.24, 2.45) is 0 Å². The van der Waals surface area contributed by atoms with Gasteiger partial charge in [-0.15, -0.1) is 0 Å². The third kappa shape index (κ3) is 4.50. The van der Waals surface area contributed by atoms with E-state index in [0.29, 0.717) is 0 Å².